The van der Waals surface area contributed by atoms with Crippen LogP contribution in [0.15, 0.2) is 18.2 Å². The molecule has 0 saturated carbocycles. The van der Waals surface area contributed by atoms with Crippen molar-refractivity contribution in [2.75, 3.05) is 6.54 Å². The molecule has 0 aromatic heterocycles. The average Bonchev–Trinajstić information content (AvgIpc) is 2.83. The van der Waals surface area contributed by atoms with Gasteiger partial charge >= 0.3 is 5.97 Å². The van der Waals surface area contributed by atoms with Crippen LogP contribution in [-0.2, 0) is 4.79 Å². The minimum Gasteiger partial charge on any atom is -0.508 e. The number of carboxylic acid groups (broad SMARTS) is 1. The van der Waals surface area contributed by atoms with Crippen LogP contribution in [0.1, 0.15) is 51.1 Å². The van der Waals surface area contributed by atoms with E-state index < -0.39 is 17.3 Å². The van der Waals surface area contributed by atoms with Crippen LogP contribution in [0.4, 0.5) is 4.39 Å². The maximum Gasteiger partial charge on any atom is 0.324 e. The summed E-state index contributed by atoms with van der Waals surface area (Å²) in [6.45, 7) is 4.51. The van der Waals surface area contributed by atoms with Gasteiger partial charge in [-0.2, -0.15) is 0 Å². The summed E-state index contributed by atoms with van der Waals surface area (Å²) in [5.74, 6) is -1.43. The van der Waals surface area contributed by atoms with Crippen LogP contribution in [0.5, 0.6) is 5.75 Å². The van der Waals surface area contributed by atoms with Gasteiger partial charge in [0.15, 0.2) is 0 Å². The molecule has 5 heteroatoms. The number of phenols is 1. The highest BCUT2D eigenvalue weighted by Gasteiger charge is 2.49. The Morgan fingerprint density at radius 1 is 1.52 bits per heavy atom. The van der Waals surface area contributed by atoms with E-state index in [0.29, 0.717) is 24.9 Å². The highest BCUT2D eigenvalue weighted by atomic mass is 19.1. The first kappa shape index (κ1) is 15.8. The predicted octanol–water partition coefficient (Wildman–Crippen LogP) is 3.31. The topological polar surface area (TPSA) is 60.8 Å². The minimum atomic E-state index is -0.880. The van der Waals surface area contributed by atoms with Crippen molar-refractivity contribution in [2.24, 2.45) is 0 Å². The highest BCUT2D eigenvalue weighted by molar-refractivity contribution is 5.79. The number of hydrogen-bond acceptors (Lipinski definition) is 3. The SMILES string of the molecule is CCCC1(C(=O)O)CCCN1C(C)c1ccc(F)cc1O. The summed E-state index contributed by atoms with van der Waals surface area (Å²) in [5, 5.41) is 19.7. The summed E-state index contributed by atoms with van der Waals surface area (Å²) in [6.07, 6.45) is 2.79. The van der Waals surface area contributed by atoms with Crippen LogP contribution < -0.4 is 0 Å². The maximum absolute atomic E-state index is 13.1. The molecule has 4 nitrogen and oxygen atoms in total. The van der Waals surface area contributed by atoms with E-state index in [1.165, 1.54) is 12.1 Å². The van der Waals surface area contributed by atoms with E-state index in [1.54, 1.807) is 0 Å². The molecule has 1 saturated heterocycles. The van der Waals surface area contributed by atoms with Gasteiger partial charge in [-0.3, -0.25) is 9.69 Å². The van der Waals surface area contributed by atoms with Gasteiger partial charge in [0, 0.05) is 17.7 Å². The predicted molar refractivity (Wildman–Crippen MR) is 77.7 cm³/mol. The second-order valence-corrected chi connectivity index (χ2v) is 5.76. The molecular weight excluding hydrogens is 273 g/mol. The molecule has 2 atom stereocenters. The summed E-state index contributed by atoms with van der Waals surface area (Å²) in [7, 11) is 0. The molecule has 1 fully saturated rings. The monoisotopic (exact) mass is 295 g/mol. The zero-order valence-corrected chi connectivity index (χ0v) is 12.5. The van der Waals surface area contributed by atoms with Crippen molar-refractivity contribution in [2.45, 2.75) is 51.1 Å². The first-order valence-electron chi connectivity index (χ1n) is 7.41. The fourth-order valence-electron chi connectivity index (χ4n) is 3.52. The largest absolute Gasteiger partial charge is 0.508 e. The van der Waals surface area contributed by atoms with E-state index in [1.807, 2.05) is 18.7 Å². The second-order valence-electron chi connectivity index (χ2n) is 5.76. The van der Waals surface area contributed by atoms with Gasteiger partial charge in [0.25, 0.3) is 0 Å². The van der Waals surface area contributed by atoms with Gasteiger partial charge in [-0.1, -0.05) is 19.4 Å². The van der Waals surface area contributed by atoms with E-state index in [9.17, 15) is 19.4 Å². The summed E-state index contributed by atoms with van der Waals surface area (Å²) < 4.78 is 13.1. The van der Waals surface area contributed by atoms with Crippen molar-refractivity contribution < 1.29 is 19.4 Å². The van der Waals surface area contributed by atoms with Crippen LogP contribution in [0.3, 0.4) is 0 Å². The quantitative estimate of drug-likeness (QED) is 0.875. The number of rotatable bonds is 5. The number of hydrogen-bond donors (Lipinski definition) is 2. The Labute approximate surface area is 124 Å². The highest BCUT2D eigenvalue weighted by Crippen LogP contribution is 2.42. The standard InChI is InChI=1S/C16H22FNO3/c1-3-7-16(15(20)21)8-4-9-18(16)11(2)13-6-5-12(17)10-14(13)19/h5-6,10-11,19H,3-4,7-9H2,1-2H3,(H,20,21). The van der Waals surface area contributed by atoms with Gasteiger partial charge in [-0.05, 0) is 38.8 Å². The van der Waals surface area contributed by atoms with Gasteiger partial charge in [-0.25, -0.2) is 4.39 Å². The molecular formula is C16H22FNO3. The minimum absolute atomic E-state index is 0.120. The molecule has 1 aliphatic rings. The zero-order chi connectivity index (χ0) is 15.6. The molecule has 0 bridgehead atoms. The summed E-state index contributed by atoms with van der Waals surface area (Å²) in [5.41, 5.74) is -0.310. The lowest BCUT2D eigenvalue weighted by molar-refractivity contribution is -0.151. The third-order valence-corrected chi connectivity index (χ3v) is 4.51. The van der Waals surface area contributed by atoms with E-state index in [2.05, 4.69) is 0 Å². The molecule has 2 rings (SSSR count). The Kier molecular flexibility index (Phi) is 4.52. The Balaban J connectivity index is 2.36. The summed E-state index contributed by atoms with van der Waals surface area (Å²) in [6, 6.07) is 3.64. The van der Waals surface area contributed by atoms with Gasteiger partial charge in [0.1, 0.15) is 17.1 Å². The molecule has 0 amide bonds. The fraction of sp³-hybridized carbons (Fsp3) is 0.562. The smallest absolute Gasteiger partial charge is 0.324 e. The van der Waals surface area contributed by atoms with Crippen molar-refractivity contribution in [3.63, 3.8) is 0 Å². The average molecular weight is 295 g/mol. The number of aliphatic carboxylic acids is 1. The molecule has 2 N–H and O–H groups in total. The van der Waals surface area contributed by atoms with Crippen molar-refractivity contribution in [1.82, 2.24) is 4.90 Å². The van der Waals surface area contributed by atoms with Gasteiger partial charge in [0.05, 0.1) is 0 Å². The molecule has 1 aromatic carbocycles. The Hall–Kier alpha value is -1.62. The van der Waals surface area contributed by atoms with E-state index in [0.717, 1.165) is 18.9 Å². The number of benzene rings is 1. The molecule has 116 valence electrons. The molecule has 0 spiro atoms. The lowest BCUT2D eigenvalue weighted by Crippen LogP contribution is -2.51. The number of carboxylic acids is 1. The van der Waals surface area contributed by atoms with E-state index >= 15 is 0 Å². The van der Waals surface area contributed by atoms with Crippen LogP contribution in [0.25, 0.3) is 0 Å². The summed E-state index contributed by atoms with van der Waals surface area (Å²) in [4.78, 5) is 13.8. The maximum atomic E-state index is 13.1. The number of likely N-dealkylation sites (tertiary alicyclic amines) is 1. The van der Waals surface area contributed by atoms with E-state index in [4.69, 9.17) is 0 Å². The van der Waals surface area contributed by atoms with E-state index in [-0.39, 0.29) is 11.8 Å². The first-order chi connectivity index (χ1) is 9.92. The molecule has 1 heterocycles. The molecule has 0 radical (unpaired) electrons. The van der Waals surface area contributed by atoms with Gasteiger partial charge in [-0.15, -0.1) is 0 Å². The number of halogens is 1. The van der Waals surface area contributed by atoms with Gasteiger partial charge in [0.2, 0.25) is 0 Å². The van der Waals surface area contributed by atoms with Gasteiger partial charge < -0.3 is 10.2 Å². The normalized spacial score (nSPS) is 24.1. The van der Waals surface area contributed by atoms with Crippen molar-refractivity contribution in [3.05, 3.63) is 29.6 Å². The van der Waals surface area contributed by atoms with Crippen molar-refractivity contribution in [1.29, 1.82) is 0 Å². The second kappa shape index (κ2) is 6.02. The first-order valence-corrected chi connectivity index (χ1v) is 7.41. The molecule has 2 unspecified atom stereocenters. The number of carbonyl (C=O) groups is 1. The Morgan fingerprint density at radius 2 is 2.24 bits per heavy atom. The van der Waals surface area contributed by atoms with Crippen molar-refractivity contribution in [3.8, 4) is 5.75 Å². The van der Waals surface area contributed by atoms with Crippen LogP contribution in [0, 0.1) is 5.82 Å². The van der Waals surface area contributed by atoms with Crippen LogP contribution in [0.2, 0.25) is 0 Å². The summed E-state index contributed by atoms with van der Waals surface area (Å²) >= 11 is 0. The van der Waals surface area contributed by atoms with Crippen LogP contribution in [-0.4, -0.2) is 33.2 Å². The lowest BCUT2D eigenvalue weighted by Gasteiger charge is -2.39. The number of phenolic OH excluding ortho intramolecular Hbond substituents is 1. The number of aromatic hydroxyl groups is 1. The fourth-order valence-corrected chi connectivity index (χ4v) is 3.52. The third kappa shape index (κ3) is 2.75. The molecule has 21 heavy (non-hydrogen) atoms. The molecule has 1 aliphatic heterocycles. The zero-order valence-electron chi connectivity index (χ0n) is 12.5. The Bertz CT molecular complexity index is 534. The third-order valence-electron chi connectivity index (χ3n) is 4.51. The molecule has 0 aliphatic carbocycles. The number of nitrogens with zero attached hydrogens (tertiary/aromatic N) is 1. The Morgan fingerprint density at radius 3 is 2.81 bits per heavy atom. The van der Waals surface area contributed by atoms with Crippen molar-refractivity contribution >= 4 is 5.97 Å². The molecule has 1 aromatic rings. The van der Waals surface area contributed by atoms with Crippen LogP contribution >= 0.6 is 0 Å². The lowest BCUT2D eigenvalue weighted by atomic mass is 9.88.